The Morgan fingerprint density at radius 2 is 1.63 bits per heavy atom. The van der Waals surface area contributed by atoms with E-state index in [0.717, 1.165) is 25.2 Å². The molecule has 27 heavy (non-hydrogen) atoms. The van der Waals surface area contributed by atoms with Gasteiger partial charge >= 0.3 is 6.03 Å². The number of amides is 3. The van der Waals surface area contributed by atoms with Gasteiger partial charge in [-0.1, -0.05) is 54.6 Å². The van der Waals surface area contributed by atoms with E-state index in [-0.39, 0.29) is 11.9 Å². The molecule has 0 aliphatic carbocycles. The van der Waals surface area contributed by atoms with Crippen LogP contribution in [0.3, 0.4) is 0 Å². The van der Waals surface area contributed by atoms with Crippen molar-refractivity contribution in [2.75, 3.05) is 24.7 Å². The van der Waals surface area contributed by atoms with Crippen LogP contribution in [0, 0.1) is 0 Å². The predicted molar refractivity (Wildman–Crippen MR) is 106 cm³/mol. The van der Waals surface area contributed by atoms with Crippen LogP contribution in [0.2, 0.25) is 0 Å². The lowest BCUT2D eigenvalue weighted by Crippen LogP contribution is -2.43. The summed E-state index contributed by atoms with van der Waals surface area (Å²) in [7, 11) is 0. The summed E-state index contributed by atoms with van der Waals surface area (Å²) in [5.41, 5.74) is 3.33. The molecule has 2 heterocycles. The normalized spacial score (nSPS) is 20.9. The number of hydrogen-bond acceptors (Lipinski definition) is 3. The van der Waals surface area contributed by atoms with Crippen LogP contribution in [-0.2, 0) is 4.79 Å². The fourth-order valence-corrected chi connectivity index (χ4v) is 3.73. The highest BCUT2D eigenvalue weighted by atomic mass is 16.2. The fourth-order valence-electron chi connectivity index (χ4n) is 3.73. The Hall–Kier alpha value is -2.92. The van der Waals surface area contributed by atoms with E-state index in [1.54, 1.807) is 11.8 Å². The maximum absolute atomic E-state index is 12.9. The molecule has 1 fully saturated rings. The Kier molecular flexibility index (Phi) is 4.77. The second kappa shape index (κ2) is 7.37. The number of anilines is 1. The molecule has 5 nitrogen and oxygen atoms in total. The first-order valence-electron chi connectivity index (χ1n) is 9.31. The van der Waals surface area contributed by atoms with Crippen LogP contribution in [0.4, 0.5) is 10.5 Å². The van der Waals surface area contributed by atoms with Crippen molar-refractivity contribution in [1.82, 2.24) is 9.80 Å². The maximum Gasteiger partial charge on any atom is 0.333 e. The van der Waals surface area contributed by atoms with E-state index in [4.69, 9.17) is 0 Å². The van der Waals surface area contributed by atoms with Crippen LogP contribution < -0.4 is 4.90 Å². The zero-order valence-electron chi connectivity index (χ0n) is 15.4. The second-order valence-electron chi connectivity index (χ2n) is 6.99. The van der Waals surface area contributed by atoms with E-state index in [1.807, 2.05) is 48.5 Å². The quantitative estimate of drug-likeness (QED) is 0.782. The van der Waals surface area contributed by atoms with Gasteiger partial charge in [0.15, 0.2) is 0 Å². The number of rotatable bonds is 4. The summed E-state index contributed by atoms with van der Waals surface area (Å²) in [6, 6.07) is 19.0. The fraction of sp³-hybridized carbons (Fsp3) is 0.273. The van der Waals surface area contributed by atoms with Gasteiger partial charge in [0.05, 0.1) is 6.67 Å². The molecule has 2 aliphatic rings. The highest BCUT2D eigenvalue weighted by molar-refractivity contribution is 6.14. The first kappa shape index (κ1) is 17.5. The Balaban J connectivity index is 1.45. The largest absolute Gasteiger partial charge is 0.333 e. The van der Waals surface area contributed by atoms with E-state index in [9.17, 15) is 9.59 Å². The number of benzene rings is 2. The first-order valence-corrected chi connectivity index (χ1v) is 9.31. The number of para-hydroxylation sites is 1. The van der Waals surface area contributed by atoms with E-state index in [0.29, 0.717) is 6.67 Å². The zero-order chi connectivity index (χ0) is 18.8. The number of carbonyl (C=O) groups is 2. The Morgan fingerprint density at radius 1 is 0.963 bits per heavy atom. The zero-order valence-corrected chi connectivity index (χ0v) is 15.4. The van der Waals surface area contributed by atoms with Crippen molar-refractivity contribution in [3.63, 3.8) is 0 Å². The molecule has 5 heteroatoms. The van der Waals surface area contributed by atoms with Crippen molar-refractivity contribution < 1.29 is 9.59 Å². The highest BCUT2D eigenvalue weighted by Crippen LogP contribution is 2.27. The lowest BCUT2D eigenvalue weighted by atomic mass is 10.00. The average molecular weight is 361 g/mol. The number of urea groups is 1. The van der Waals surface area contributed by atoms with Gasteiger partial charge in [-0.05, 0) is 36.6 Å². The molecule has 138 valence electrons. The topological polar surface area (TPSA) is 43.9 Å². The third-order valence-electron chi connectivity index (χ3n) is 5.26. The minimum atomic E-state index is -0.472. The number of carbonyl (C=O) groups excluding carboxylic acids is 2. The lowest BCUT2D eigenvalue weighted by molar-refractivity contribution is -0.128. The predicted octanol–water partition coefficient (Wildman–Crippen LogP) is 3.59. The third-order valence-corrected chi connectivity index (χ3v) is 5.26. The van der Waals surface area contributed by atoms with Gasteiger partial charge in [-0.25, -0.2) is 9.69 Å². The van der Waals surface area contributed by atoms with Crippen molar-refractivity contribution in [2.24, 2.45) is 0 Å². The van der Waals surface area contributed by atoms with Crippen molar-refractivity contribution in [2.45, 2.75) is 19.4 Å². The van der Waals surface area contributed by atoms with Crippen molar-refractivity contribution in [3.05, 3.63) is 72.3 Å². The molecule has 0 aromatic heterocycles. The second-order valence-corrected chi connectivity index (χ2v) is 6.99. The molecule has 0 N–H and O–H groups in total. The number of hydrogen-bond donors (Lipinski definition) is 0. The molecular formula is C22H23N3O2. The minimum absolute atomic E-state index is 0.137. The first-order chi connectivity index (χ1) is 13.1. The molecule has 0 spiro atoms. The van der Waals surface area contributed by atoms with Gasteiger partial charge in [0.25, 0.3) is 5.91 Å². The Labute approximate surface area is 159 Å². The van der Waals surface area contributed by atoms with Gasteiger partial charge < -0.3 is 0 Å². The van der Waals surface area contributed by atoms with E-state index < -0.39 is 6.04 Å². The molecule has 1 saturated heterocycles. The summed E-state index contributed by atoms with van der Waals surface area (Å²) in [6.07, 6.45) is 3.11. The van der Waals surface area contributed by atoms with E-state index >= 15 is 0 Å². The third kappa shape index (κ3) is 3.38. The summed E-state index contributed by atoms with van der Waals surface area (Å²) in [5.74, 6) is -0.137. The van der Waals surface area contributed by atoms with Gasteiger partial charge in [-0.15, -0.1) is 0 Å². The molecule has 4 rings (SSSR count). The van der Waals surface area contributed by atoms with Gasteiger partial charge in [0.1, 0.15) is 6.04 Å². The monoisotopic (exact) mass is 361 g/mol. The van der Waals surface area contributed by atoms with E-state index in [1.165, 1.54) is 16.0 Å². The number of nitrogens with zero attached hydrogens (tertiary/aromatic N) is 3. The van der Waals surface area contributed by atoms with Crippen LogP contribution in [-0.4, -0.2) is 47.5 Å². The standard InChI is InChI=1S/C22H23N3O2/c1-17-21(26)24(22(27)25(17)20-10-6-3-7-11-20)16-23-14-12-19(13-15-23)18-8-4-2-5-9-18/h2-12,17H,13-16H2,1H3. The smallest absolute Gasteiger partial charge is 0.282 e. The molecule has 3 amide bonds. The summed E-state index contributed by atoms with van der Waals surface area (Å²) in [4.78, 5) is 30.7. The summed E-state index contributed by atoms with van der Waals surface area (Å²) in [5, 5.41) is 0. The Morgan fingerprint density at radius 3 is 2.26 bits per heavy atom. The highest BCUT2D eigenvalue weighted by Gasteiger charge is 2.43. The van der Waals surface area contributed by atoms with Crippen LogP contribution in [0.1, 0.15) is 18.9 Å². The van der Waals surface area contributed by atoms with Gasteiger partial charge in [-0.2, -0.15) is 0 Å². The minimum Gasteiger partial charge on any atom is -0.282 e. The van der Waals surface area contributed by atoms with E-state index in [2.05, 4.69) is 23.1 Å². The Bertz CT molecular complexity index is 864. The summed E-state index contributed by atoms with van der Waals surface area (Å²) in [6.45, 7) is 3.69. The molecule has 0 saturated carbocycles. The lowest BCUT2D eigenvalue weighted by Gasteiger charge is -2.29. The maximum atomic E-state index is 12.9. The van der Waals surface area contributed by atoms with Crippen LogP contribution in [0.5, 0.6) is 0 Å². The molecule has 2 aromatic carbocycles. The van der Waals surface area contributed by atoms with Crippen molar-refractivity contribution in [1.29, 1.82) is 0 Å². The summed E-state index contributed by atoms with van der Waals surface area (Å²) >= 11 is 0. The molecule has 0 radical (unpaired) electrons. The van der Waals surface area contributed by atoms with Gasteiger partial charge in [0, 0.05) is 18.8 Å². The van der Waals surface area contributed by atoms with Crippen LogP contribution >= 0.6 is 0 Å². The van der Waals surface area contributed by atoms with Crippen LogP contribution in [0.15, 0.2) is 66.7 Å². The molecule has 1 atom stereocenters. The molecule has 2 aliphatic heterocycles. The SMILES string of the molecule is CC1C(=O)N(CN2CC=C(c3ccccc3)CC2)C(=O)N1c1ccccc1. The van der Waals surface area contributed by atoms with Gasteiger partial charge in [-0.3, -0.25) is 14.6 Å². The van der Waals surface area contributed by atoms with Crippen molar-refractivity contribution >= 4 is 23.2 Å². The summed E-state index contributed by atoms with van der Waals surface area (Å²) < 4.78 is 0. The average Bonchev–Trinajstić information content (AvgIpc) is 2.93. The molecule has 1 unspecified atom stereocenters. The van der Waals surface area contributed by atoms with Crippen molar-refractivity contribution in [3.8, 4) is 0 Å². The molecular weight excluding hydrogens is 338 g/mol. The van der Waals surface area contributed by atoms with Gasteiger partial charge in [0.2, 0.25) is 0 Å². The van der Waals surface area contributed by atoms with Crippen LogP contribution in [0.25, 0.3) is 5.57 Å². The molecule has 2 aromatic rings. The molecule has 0 bridgehead atoms. The number of imide groups is 1.